The smallest absolute Gasteiger partial charge is 0.341 e. The van der Waals surface area contributed by atoms with Crippen molar-refractivity contribution in [1.29, 1.82) is 0 Å². The minimum atomic E-state index is -1.18. The summed E-state index contributed by atoms with van der Waals surface area (Å²) < 4.78 is 1.87. The zero-order valence-electron chi connectivity index (χ0n) is 11.9. The van der Waals surface area contributed by atoms with E-state index in [-0.39, 0.29) is 5.56 Å². The minimum absolute atomic E-state index is 0.142. The molecule has 0 atom stereocenters. The van der Waals surface area contributed by atoms with Gasteiger partial charge in [0.05, 0.1) is 5.69 Å². The van der Waals surface area contributed by atoms with E-state index in [9.17, 15) is 14.7 Å². The summed E-state index contributed by atoms with van der Waals surface area (Å²) in [7, 11) is 0. The molecule has 1 aromatic carbocycles. The topological polar surface area (TPSA) is 59.3 Å². The third kappa shape index (κ3) is 2.85. The molecule has 110 valence electrons. The number of hydrogen-bond donors (Lipinski definition) is 1. The first kappa shape index (κ1) is 15.3. The van der Waals surface area contributed by atoms with E-state index >= 15 is 0 Å². The molecule has 0 saturated heterocycles. The average molecular weight is 306 g/mol. The molecule has 4 nitrogen and oxygen atoms in total. The largest absolute Gasteiger partial charge is 0.477 e. The summed E-state index contributed by atoms with van der Waals surface area (Å²) in [5, 5.41) is 9.88. The van der Waals surface area contributed by atoms with Crippen molar-refractivity contribution in [3.63, 3.8) is 0 Å². The number of rotatable bonds is 4. The van der Waals surface area contributed by atoms with E-state index in [1.54, 1.807) is 12.1 Å². The molecular weight excluding hydrogens is 290 g/mol. The van der Waals surface area contributed by atoms with Crippen LogP contribution in [0.2, 0.25) is 5.02 Å². The number of nitrogens with zero attached hydrogens (tertiary/aromatic N) is 1. The molecule has 21 heavy (non-hydrogen) atoms. The van der Waals surface area contributed by atoms with E-state index in [0.29, 0.717) is 29.4 Å². The fourth-order valence-electron chi connectivity index (χ4n) is 2.51. The highest BCUT2D eigenvalue weighted by Crippen LogP contribution is 2.23. The lowest BCUT2D eigenvalue weighted by Crippen LogP contribution is -2.23. The maximum atomic E-state index is 12.1. The highest BCUT2D eigenvalue weighted by Gasteiger charge is 2.19. The standard InChI is InChI=1S/C16H16ClNO3/c1-3-12-15(16(20)21)14(19)9-13(18(12)4-2)10-5-7-11(17)8-6-10/h5-9H,3-4H2,1-2H3,(H,20,21). The SMILES string of the molecule is CCc1c(C(=O)O)c(=O)cc(-c2ccc(Cl)cc2)n1CC. The molecule has 0 aliphatic rings. The molecule has 0 bridgehead atoms. The average Bonchev–Trinajstić information content (AvgIpc) is 2.46. The normalized spacial score (nSPS) is 10.6. The van der Waals surface area contributed by atoms with Gasteiger partial charge in [-0.15, -0.1) is 0 Å². The zero-order valence-corrected chi connectivity index (χ0v) is 12.6. The van der Waals surface area contributed by atoms with E-state index < -0.39 is 11.4 Å². The third-order valence-corrected chi connectivity index (χ3v) is 3.68. The second kappa shape index (κ2) is 6.14. The summed E-state index contributed by atoms with van der Waals surface area (Å²) >= 11 is 5.88. The summed E-state index contributed by atoms with van der Waals surface area (Å²) in [6, 6.07) is 8.53. The first-order valence-corrected chi connectivity index (χ1v) is 7.13. The van der Waals surface area contributed by atoms with Crippen LogP contribution in [0.4, 0.5) is 0 Å². The van der Waals surface area contributed by atoms with E-state index in [4.69, 9.17) is 11.6 Å². The molecular formula is C16H16ClNO3. The van der Waals surface area contributed by atoms with Gasteiger partial charge in [0.1, 0.15) is 5.56 Å². The Morgan fingerprint density at radius 1 is 1.24 bits per heavy atom. The molecule has 5 heteroatoms. The van der Waals surface area contributed by atoms with E-state index in [2.05, 4.69) is 0 Å². The third-order valence-electron chi connectivity index (χ3n) is 3.42. The van der Waals surface area contributed by atoms with Crippen molar-refractivity contribution in [2.24, 2.45) is 0 Å². The van der Waals surface area contributed by atoms with Crippen LogP contribution in [-0.2, 0) is 13.0 Å². The van der Waals surface area contributed by atoms with Crippen LogP contribution in [0, 0.1) is 0 Å². The maximum absolute atomic E-state index is 12.1. The van der Waals surface area contributed by atoms with Gasteiger partial charge >= 0.3 is 5.97 Å². The lowest BCUT2D eigenvalue weighted by atomic mass is 10.0. The molecule has 2 rings (SSSR count). The lowest BCUT2D eigenvalue weighted by molar-refractivity contribution is 0.0693. The molecule has 1 N–H and O–H groups in total. The van der Waals surface area contributed by atoms with Crippen LogP contribution in [0.5, 0.6) is 0 Å². The van der Waals surface area contributed by atoms with E-state index in [1.807, 2.05) is 30.5 Å². The number of carboxylic acids is 1. The predicted molar refractivity (Wildman–Crippen MR) is 83.2 cm³/mol. The number of aromatic nitrogens is 1. The molecule has 0 saturated carbocycles. The Balaban J connectivity index is 2.79. The Kier molecular flexibility index (Phi) is 4.48. The van der Waals surface area contributed by atoms with Crippen LogP contribution >= 0.6 is 11.6 Å². The molecule has 0 aliphatic carbocycles. The minimum Gasteiger partial charge on any atom is -0.477 e. The molecule has 0 amide bonds. The number of carboxylic acid groups (broad SMARTS) is 1. The maximum Gasteiger partial charge on any atom is 0.341 e. The van der Waals surface area contributed by atoms with Crippen LogP contribution in [0.1, 0.15) is 29.9 Å². The van der Waals surface area contributed by atoms with Crippen molar-refractivity contribution in [3.05, 3.63) is 56.8 Å². The van der Waals surface area contributed by atoms with Crippen molar-refractivity contribution in [2.75, 3.05) is 0 Å². The Morgan fingerprint density at radius 3 is 2.33 bits per heavy atom. The van der Waals surface area contributed by atoms with Gasteiger partial charge in [-0.1, -0.05) is 30.7 Å². The lowest BCUT2D eigenvalue weighted by Gasteiger charge is -2.18. The number of halogens is 1. The zero-order chi connectivity index (χ0) is 15.6. The van der Waals surface area contributed by atoms with Crippen molar-refractivity contribution in [3.8, 4) is 11.3 Å². The Labute approximate surface area is 127 Å². The molecule has 1 aromatic heterocycles. The summed E-state index contributed by atoms with van der Waals surface area (Å²) in [5.74, 6) is -1.18. The Hall–Kier alpha value is -2.07. The molecule has 0 aliphatic heterocycles. The molecule has 0 spiro atoms. The van der Waals surface area contributed by atoms with Crippen LogP contribution in [0.3, 0.4) is 0 Å². The van der Waals surface area contributed by atoms with Crippen molar-refractivity contribution >= 4 is 17.6 Å². The molecule has 0 unspecified atom stereocenters. The van der Waals surface area contributed by atoms with Crippen LogP contribution in [0.25, 0.3) is 11.3 Å². The summed E-state index contributed by atoms with van der Waals surface area (Å²) in [6.45, 7) is 4.36. The highest BCUT2D eigenvalue weighted by atomic mass is 35.5. The van der Waals surface area contributed by atoms with Gasteiger partial charge in [-0.25, -0.2) is 4.79 Å². The Morgan fingerprint density at radius 2 is 1.86 bits per heavy atom. The first-order valence-electron chi connectivity index (χ1n) is 6.75. The van der Waals surface area contributed by atoms with Gasteiger partial charge in [-0.3, -0.25) is 4.79 Å². The predicted octanol–water partition coefficient (Wildman–Crippen LogP) is 3.45. The van der Waals surface area contributed by atoms with Crippen LogP contribution < -0.4 is 5.43 Å². The quantitative estimate of drug-likeness (QED) is 0.941. The summed E-state index contributed by atoms with van der Waals surface area (Å²) in [6.07, 6.45) is 0.478. The van der Waals surface area contributed by atoms with Gasteiger partial charge in [-0.05, 0) is 31.0 Å². The number of benzene rings is 1. The second-order valence-corrected chi connectivity index (χ2v) is 5.06. The monoisotopic (exact) mass is 305 g/mol. The van der Waals surface area contributed by atoms with Gasteiger partial charge < -0.3 is 9.67 Å². The summed E-state index contributed by atoms with van der Waals surface area (Å²) in [4.78, 5) is 23.5. The number of hydrogen-bond acceptors (Lipinski definition) is 2. The van der Waals surface area contributed by atoms with Gasteiger partial charge in [0, 0.05) is 23.3 Å². The van der Waals surface area contributed by atoms with Crippen molar-refractivity contribution in [1.82, 2.24) is 4.57 Å². The van der Waals surface area contributed by atoms with Gasteiger partial charge in [-0.2, -0.15) is 0 Å². The van der Waals surface area contributed by atoms with E-state index in [0.717, 1.165) is 5.56 Å². The van der Waals surface area contributed by atoms with Crippen LogP contribution in [-0.4, -0.2) is 15.6 Å². The number of pyridine rings is 1. The van der Waals surface area contributed by atoms with Crippen molar-refractivity contribution < 1.29 is 9.90 Å². The number of carbonyl (C=O) groups is 1. The highest BCUT2D eigenvalue weighted by molar-refractivity contribution is 6.30. The van der Waals surface area contributed by atoms with Gasteiger partial charge in [0.2, 0.25) is 0 Å². The fraction of sp³-hybridized carbons (Fsp3) is 0.250. The van der Waals surface area contributed by atoms with Gasteiger partial charge in [0.15, 0.2) is 5.43 Å². The fourth-order valence-corrected chi connectivity index (χ4v) is 2.64. The first-order chi connectivity index (χ1) is 9.99. The van der Waals surface area contributed by atoms with Crippen molar-refractivity contribution in [2.45, 2.75) is 26.8 Å². The molecule has 1 heterocycles. The molecule has 2 aromatic rings. The van der Waals surface area contributed by atoms with Crippen LogP contribution in [0.15, 0.2) is 35.1 Å². The van der Waals surface area contributed by atoms with Gasteiger partial charge in [0.25, 0.3) is 0 Å². The second-order valence-electron chi connectivity index (χ2n) is 4.63. The summed E-state index contributed by atoms with van der Waals surface area (Å²) in [5.41, 5.74) is 1.49. The van der Waals surface area contributed by atoms with E-state index in [1.165, 1.54) is 6.07 Å². The Bertz CT molecular complexity index is 732. The number of aromatic carboxylic acids is 1. The molecule has 0 radical (unpaired) electrons. The molecule has 0 fully saturated rings.